The zero-order valence-electron chi connectivity index (χ0n) is 3.35. The van der Waals surface area contributed by atoms with Gasteiger partial charge in [-0.3, -0.25) is 0 Å². The van der Waals surface area contributed by atoms with E-state index in [4.69, 9.17) is 24.8 Å². The molecule has 44 valence electrons. The summed E-state index contributed by atoms with van der Waals surface area (Å²) in [5, 5.41) is 28.4. The van der Waals surface area contributed by atoms with Crippen molar-refractivity contribution in [2.45, 2.75) is 0 Å². The summed E-state index contributed by atoms with van der Waals surface area (Å²) in [5.74, 6) is 0. The van der Waals surface area contributed by atoms with Crippen LogP contribution in [-0.2, 0) is 4.70 Å². The average Bonchev–Trinajstić information content (AvgIpc) is 1.33. The quantitative estimate of drug-likeness (QED) is 0.264. The summed E-state index contributed by atoms with van der Waals surface area (Å²) in [7, 11) is -2.42. The fraction of sp³-hybridized carbons (Fsp3) is 0. The predicted octanol–water partition coefficient (Wildman–Crippen LogP) is -4.41. The standard InChI is InChI=1S/BH3O3.BHO2.2Na.2H/c2-1(3)4;2-1-3;;;;/h2-4H;2H;;;;. The molecule has 0 saturated heterocycles. The van der Waals surface area contributed by atoms with Gasteiger partial charge in [0.2, 0.25) is 0 Å². The predicted molar refractivity (Wildman–Crippen MR) is 35.4 cm³/mol. The minimum atomic E-state index is -2.17. The molecule has 0 aromatic carbocycles. The Kier molecular flexibility index (Phi) is 56.4. The van der Waals surface area contributed by atoms with Gasteiger partial charge in [0.05, 0.1) is 0 Å². The van der Waals surface area contributed by atoms with E-state index in [9.17, 15) is 0 Å². The Bertz CT molecular complexity index is 37.2. The van der Waals surface area contributed by atoms with Crippen LogP contribution in [0.15, 0.2) is 0 Å². The van der Waals surface area contributed by atoms with E-state index < -0.39 is 7.32 Å². The van der Waals surface area contributed by atoms with Crippen LogP contribution in [0, 0.1) is 0 Å². The van der Waals surface area contributed by atoms with Gasteiger partial charge in [0.15, 0.2) is 0 Å². The van der Waals surface area contributed by atoms with E-state index in [0.717, 1.165) is 0 Å². The zero-order valence-corrected chi connectivity index (χ0v) is 3.35. The molecule has 5 nitrogen and oxygen atoms in total. The van der Waals surface area contributed by atoms with Crippen molar-refractivity contribution in [2.24, 2.45) is 0 Å². The van der Waals surface area contributed by atoms with Crippen molar-refractivity contribution in [3.8, 4) is 0 Å². The molecule has 0 amide bonds. The van der Waals surface area contributed by atoms with Crippen LogP contribution in [-0.4, -0.2) is 93.9 Å². The Hall–Kier alpha value is 1.61. The van der Waals surface area contributed by atoms with Crippen molar-refractivity contribution >= 4 is 73.8 Å². The van der Waals surface area contributed by atoms with E-state index in [-0.39, 0.29) is 66.5 Å². The molecule has 0 spiro atoms. The summed E-state index contributed by atoms with van der Waals surface area (Å²) in [5.41, 5.74) is 0. The Morgan fingerprint density at radius 3 is 1.11 bits per heavy atom. The van der Waals surface area contributed by atoms with Crippen molar-refractivity contribution in [1.82, 2.24) is 0 Å². The first-order chi connectivity index (χ1) is 3.15. The molecule has 9 heteroatoms. The molecule has 0 bridgehead atoms. The fourth-order valence-electron chi connectivity index (χ4n) is 0. The molecule has 0 atom stereocenters. The first kappa shape index (κ1) is 22.4. The van der Waals surface area contributed by atoms with Crippen LogP contribution in [0.4, 0.5) is 0 Å². The van der Waals surface area contributed by atoms with E-state index in [1.54, 1.807) is 0 Å². The van der Waals surface area contributed by atoms with Crippen LogP contribution >= 0.6 is 0 Å². The number of rotatable bonds is 0. The van der Waals surface area contributed by atoms with Gasteiger partial charge in [-0.1, -0.05) is 0 Å². The second-order valence-electron chi connectivity index (χ2n) is 0.452. The van der Waals surface area contributed by atoms with E-state index in [2.05, 4.69) is 0 Å². The minimum absolute atomic E-state index is 0. The molecule has 0 radical (unpaired) electrons. The van der Waals surface area contributed by atoms with Crippen molar-refractivity contribution in [3.05, 3.63) is 0 Å². The van der Waals surface area contributed by atoms with Gasteiger partial charge in [0, 0.05) is 0 Å². The van der Waals surface area contributed by atoms with Crippen molar-refractivity contribution in [3.63, 3.8) is 0 Å². The normalized spacial score (nSPS) is 3.89. The van der Waals surface area contributed by atoms with Crippen LogP contribution in [0.25, 0.3) is 0 Å². The molecule has 0 heterocycles. The summed E-state index contributed by atoms with van der Waals surface area (Å²) in [6.45, 7) is 0. The molecule has 0 saturated carbocycles. The zero-order chi connectivity index (χ0) is 6.28. The van der Waals surface area contributed by atoms with E-state index >= 15 is 0 Å². The molecule has 0 unspecified atom stereocenters. The molecule has 0 fully saturated rings. The van der Waals surface area contributed by atoms with Gasteiger partial charge < -0.3 is 15.1 Å². The first-order valence-electron chi connectivity index (χ1n) is 1.27. The molecule has 9 heavy (non-hydrogen) atoms. The van der Waals surface area contributed by atoms with Crippen LogP contribution < -0.4 is 0 Å². The molecular formula is H6B2Na2O5. The molecule has 0 rings (SSSR count). The fourth-order valence-corrected chi connectivity index (χ4v) is 0. The second-order valence-corrected chi connectivity index (χ2v) is 0.452. The van der Waals surface area contributed by atoms with E-state index in [0.29, 0.717) is 0 Å². The molecular weight excluding hydrogens is 148 g/mol. The monoisotopic (exact) mass is 154 g/mol. The van der Waals surface area contributed by atoms with Gasteiger partial charge in [-0.25, -0.2) is 0 Å². The Labute approximate surface area is 97.5 Å². The average molecular weight is 154 g/mol. The topological polar surface area (TPSA) is 98.0 Å². The summed E-state index contributed by atoms with van der Waals surface area (Å²) >= 11 is 0. The summed E-state index contributed by atoms with van der Waals surface area (Å²) in [6.07, 6.45) is 0. The van der Waals surface area contributed by atoms with Gasteiger partial charge in [0.25, 0.3) is 0 Å². The molecule has 0 aliphatic carbocycles. The SMILES string of the molecule is O=BO.OB(O)O.[NaH].[NaH]. The summed E-state index contributed by atoms with van der Waals surface area (Å²) in [6, 6.07) is 0. The first-order valence-corrected chi connectivity index (χ1v) is 1.27. The van der Waals surface area contributed by atoms with Gasteiger partial charge in [-0.05, 0) is 0 Å². The summed E-state index contributed by atoms with van der Waals surface area (Å²) < 4.78 is 8.36. The van der Waals surface area contributed by atoms with Crippen molar-refractivity contribution < 1.29 is 24.8 Å². The van der Waals surface area contributed by atoms with Crippen molar-refractivity contribution in [2.75, 3.05) is 0 Å². The van der Waals surface area contributed by atoms with Crippen LogP contribution in [0.3, 0.4) is 0 Å². The maximum atomic E-state index is 8.36. The Morgan fingerprint density at radius 1 is 1.11 bits per heavy atom. The maximum absolute atomic E-state index is 8.36. The van der Waals surface area contributed by atoms with Crippen LogP contribution in [0.5, 0.6) is 0 Å². The molecule has 0 aromatic rings. The van der Waals surface area contributed by atoms with Crippen LogP contribution in [0.2, 0.25) is 0 Å². The molecule has 0 aliphatic heterocycles. The van der Waals surface area contributed by atoms with E-state index in [1.807, 2.05) is 0 Å². The summed E-state index contributed by atoms with van der Waals surface area (Å²) in [4.78, 5) is 0. The van der Waals surface area contributed by atoms with Gasteiger partial charge >= 0.3 is 83.5 Å². The van der Waals surface area contributed by atoms with Gasteiger partial charge in [0.1, 0.15) is 0 Å². The third-order valence-corrected chi connectivity index (χ3v) is 0. The van der Waals surface area contributed by atoms with Crippen molar-refractivity contribution in [1.29, 1.82) is 0 Å². The number of hydrogen-bond donors (Lipinski definition) is 4. The third-order valence-electron chi connectivity index (χ3n) is 0. The Balaban J connectivity index is -0.0000000233. The van der Waals surface area contributed by atoms with Gasteiger partial charge in [-0.2, -0.15) is 0 Å². The number of hydrogen-bond acceptors (Lipinski definition) is 4. The molecule has 0 aromatic heterocycles. The van der Waals surface area contributed by atoms with E-state index in [1.165, 1.54) is 0 Å². The van der Waals surface area contributed by atoms with Gasteiger partial charge in [-0.15, -0.1) is 0 Å². The molecule has 4 N–H and O–H groups in total. The second kappa shape index (κ2) is 22.6. The van der Waals surface area contributed by atoms with Crippen LogP contribution in [0.1, 0.15) is 0 Å². The third kappa shape index (κ3) is 215. The Morgan fingerprint density at radius 2 is 1.11 bits per heavy atom. The molecule has 0 aliphatic rings.